The number of amides is 3. The molecule has 3 saturated heterocycles. The topological polar surface area (TPSA) is 97.0 Å². The first kappa shape index (κ1) is 23.9. The van der Waals surface area contributed by atoms with E-state index in [9.17, 15) is 14.4 Å². The van der Waals surface area contributed by atoms with E-state index in [2.05, 4.69) is 24.1 Å². The second-order valence-electron chi connectivity index (χ2n) is 10.4. The van der Waals surface area contributed by atoms with E-state index in [4.69, 9.17) is 9.47 Å². The zero-order valence-corrected chi connectivity index (χ0v) is 20.5. The minimum absolute atomic E-state index is 0.0955. The summed E-state index contributed by atoms with van der Waals surface area (Å²) in [5.41, 5.74) is -0.386. The van der Waals surface area contributed by atoms with Crippen molar-refractivity contribution in [1.29, 1.82) is 0 Å². The fraction of sp³-hybridized carbons (Fsp3) is 0.593. The summed E-state index contributed by atoms with van der Waals surface area (Å²) in [6.45, 7) is 6.22. The summed E-state index contributed by atoms with van der Waals surface area (Å²) >= 11 is 0. The number of carbonyl (C=O) groups excluding carboxylic acids is 3. The molecular weight excluding hydrogens is 446 g/mol. The van der Waals surface area contributed by atoms with Gasteiger partial charge in [-0.2, -0.15) is 0 Å². The Labute approximate surface area is 206 Å². The zero-order chi connectivity index (χ0) is 24.7. The first-order valence-corrected chi connectivity index (χ1v) is 12.7. The molecule has 5 rings (SSSR count). The van der Waals surface area contributed by atoms with Gasteiger partial charge in [0.05, 0.1) is 25.0 Å². The number of nitrogens with one attached hydrogen (secondary N) is 2. The summed E-state index contributed by atoms with van der Waals surface area (Å²) in [4.78, 5) is 42.5. The predicted octanol–water partition coefficient (Wildman–Crippen LogP) is 2.89. The molecule has 1 aliphatic carbocycles. The van der Waals surface area contributed by atoms with Gasteiger partial charge < -0.3 is 25.0 Å². The molecule has 2 bridgehead atoms. The lowest BCUT2D eigenvalue weighted by Crippen LogP contribution is -2.57. The molecule has 1 spiro atoms. The molecule has 4 aliphatic rings. The SMILES string of the molecule is C=CCN1C(=O)C2C(C(=O)Nc3cccc(OC)c3)C3CCC2(O3)C1C(=O)NC1CCCCC1C. The molecule has 7 unspecified atom stereocenters. The van der Waals surface area contributed by atoms with Crippen molar-refractivity contribution in [2.75, 3.05) is 19.0 Å². The zero-order valence-electron chi connectivity index (χ0n) is 20.5. The van der Waals surface area contributed by atoms with Gasteiger partial charge in [-0.25, -0.2) is 0 Å². The van der Waals surface area contributed by atoms with Gasteiger partial charge in [0.1, 0.15) is 17.4 Å². The Morgan fingerprint density at radius 3 is 2.80 bits per heavy atom. The number of anilines is 1. The summed E-state index contributed by atoms with van der Waals surface area (Å²) in [6.07, 6.45) is 6.78. The highest BCUT2D eigenvalue weighted by molar-refractivity contribution is 6.02. The highest BCUT2D eigenvalue weighted by atomic mass is 16.5. The number of nitrogens with zero attached hydrogens (tertiary/aromatic N) is 1. The van der Waals surface area contributed by atoms with Gasteiger partial charge in [-0.05, 0) is 43.7 Å². The van der Waals surface area contributed by atoms with Crippen LogP contribution in [0.2, 0.25) is 0 Å². The van der Waals surface area contributed by atoms with E-state index in [-0.39, 0.29) is 36.4 Å². The van der Waals surface area contributed by atoms with E-state index < -0.39 is 23.5 Å². The van der Waals surface area contributed by atoms with E-state index in [1.165, 1.54) is 6.42 Å². The number of ether oxygens (including phenoxy) is 2. The predicted molar refractivity (Wildman–Crippen MR) is 131 cm³/mol. The average Bonchev–Trinajstić information content (AvgIpc) is 3.48. The molecule has 4 fully saturated rings. The van der Waals surface area contributed by atoms with E-state index in [0.29, 0.717) is 30.2 Å². The number of benzene rings is 1. The smallest absolute Gasteiger partial charge is 0.246 e. The molecule has 2 N–H and O–H groups in total. The van der Waals surface area contributed by atoms with Gasteiger partial charge >= 0.3 is 0 Å². The number of rotatable bonds is 7. The van der Waals surface area contributed by atoms with E-state index in [1.54, 1.807) is 42.4 Å². The molecule has 3 heterocycles. The van der Waals surface area contributed by atoms with Gasteiger partial charge in [-0.3, -0.25) is 14.4 Å². The Morgan fingerprint density at radius 2 is 2.06 bits per heavy atom. The molecule has 188 valence electrons. The van der Waals surface area contributed by atoms with Crippen LogP contribution in [0.5, 0.6) is 5.75 Å². The third kappa shape index (κ3) is 3.92. The summed E-state index contributed by atoms with van der Waals surface area (Å²) in [5.74, 6) is -0.943. The first-order chi connectivity index (χ1) is 16.9. The van der Waals surface area contributed by atoms with Gasteiger partial charge in [0.25, 0.3) is 0 Å². The Kier molecular flexibility index (Phi) is 6.34. The molecule has 7 atom stereocenters. The maximum atomic E-state index is 13.7. The maximum absolute atomic E-state index is 13.7. The minimum Gasteiger partial charge on any atom is -0.497 e. The Morgan fingerprint density at radius 1 is 1.26 bits per heavy atom. The van der Waals surface area contributed by atoms with E-state index in [0.717, 1.165) is 19.3 Å². The minimum atomic E-state index is -0.983. The molecule has 1 saturated carbocycles. The van der Waals surface area contributed by atoms with Gasteiger partial charge in [0, 0.05) is 24.3 Å². The fourth-order valence-corrected chi connectivity index (χ4v) is 6.81. The van der Waals surface area contributed by atoms with Crippen molar-refractivity contribution in [1.82, 2.24) is 10.2 Å². The van der Waals surface area contributed by atoms with Crippen LogP contribution < -0.4 is 15.4 Å². The molecule has 8 heteroatoms. The van der Waals surface area contributed by atoms with Crippen LogP contribution in [0.4, 0.5) is 5.69 Å². The lowest BCUT2D eigenvalue weighted by Gasteiger charge is -2.36. The highest BCUT2D eigenvalue weighted by Crippen LogP contribution is 2.58. The number of hydrogen-bond acceptors (Lipinski definition) is 5. The van der Waals surface area contributed by atoms with E-state index >= 15 is 0 Å². The molecule has 1 aromatic rings. The second-order valence-corrected chi connectivity index (χ2v) is 10.4. The number of carbonyl (C=O) groups is 3. The summed E-state index contributed by atoms with van der Waals surface area (Å²) in [6, 6.07) is 6.46. The quantitative estimate of drug-likeness (QED) is 0.584. The van der Waals surface area contributed by atoms with Crippen LogP contribution in [0.3, 0.4) is 0 Å². The van der Waals surface area contributed by atoms with Crippen LogP contribution in [-0.2, 0) is 19.1 Å². The lowest BCUT2D eigenvalue weighted by atomic mass is 9.70. The molecular formula is C27H35N3O5. The third-order valence-corrected chi connectivity index (χ3v) is 8.45. The maximum Gasteiger partial charge on any atom is 0.246 e. The fourth-order valence-electron chi connectivity index (χ4n) is 6.81. The van der Waals surface area contributed by atoms with Crippen LogP contribution in [-0.4, -0.2) is 60.1 Å². The largest absolute Gasteiger partial charge is 0.497 e. The van der Waals surface area contributed by atoms with Crippen molar-refractivity contribution < 1.29 is 23.9 Å². The Balaban J connectivity index is 1.41. The van der Waals surface area contributed by atoms with Gasteiger partial charge in [-0.15, -0.1) is 6.58 Å². The molecule has 1 aromatic carbocycles. The van der Waals surface area contributed by atoms with Crippen LogP contribution in [0.1, 0.15) is 45.4 Å². The van der Waals surface area contributed by atoms with E-state index in [1.807, 2.05) is 0 Å². The highest BCUT2D eigenvalue weighted by Gasteiger charge is 2.74. The standard InChI is InChI=1S/C27H35N3O5/c1-4-14-30-23(25(32)29-19-11-6-5-8-16(19)2)27-13-12-20(35-27)21(22(27)26(30)33)24(31)28-17-9-7-10-18(15-17)34-3/h4,7,9-10,15-16,19-23H,1,5-6,8,11-14H2,2-3H3,(H,28,31)(H,29,32). The van der Waals surface area contributed by atoms with Crippen LogP contribution in [0.25, 0.3) is 0 Å². The number of fused-ring (bicyclic) bond motifs is 1. The molecule has 8 nitrogen and oxygen atoms in total. The van der Waals surface area contributed by atoms with Crippen molar-refractivity contribution in [2.45, 2.75) is 69.2 Å². The van der Waals surface area contributed by atoms with Gasteiger partial charge in [0.15, 0.2) is 0 Å². The lowest BCUT2D eigenvalue weighted by molar-refractivity contribution is -0.141. The molecule has 0 aromatic heterocycles. The number of methoxy groups -OCH3 is 1. The molecule has 3 aliphatic heterocycles. The van der Waals surface area contributed by atoms with Crippen LogP contribution in [0.15, 0.2) is 36.9 Å². The Bertz CT molecular complexity index is 1030. The van der Waals surface area contributed by atoms with Gasteiger partial charge in [-0.1, -0.05) is 31.9 Å². The van der Waals surface area contributed by atoms with Crippen molar-refractivity contribution in [3.05, 3.63) is 36.9 Å². The second kappa shape index (κ2) is 9.30. The van der Waals surface area contributed by atoms with Crippen molar-refractivity contribution in [2.24, 2.45) is 17.8 Å². The van der Waals surface area contributed by atoms with Gasteiger partial charge in [0.2, 0.25) is 17.7 Å². The van der Waals surface area contributed by atoms with Crippen molar-refractivity contribution >= 4 is 23.4 Å². The average molecular weight is 482 g/mol. The summed E-state index contributed by atoms with van der Waals surface area (Å²) in [7, 11) is 1.57. The summed E-state index contributed by atoms with van der Waals surface area (Å²) in [5, 5.41) is 6.19. The molecule has 0 radical (unpaired) electrons. The number of hydrogen-bond donors (Lipinski definition) is 2. The van der Waals surface area contributed by atoms with Crippen molar-refractivity contribution in [3.63, 3.8) is 0 Å². The first-order valence-electron chi connectivity index (χ1n) is 12.7. The summed E-state index contributed by atoms with van der Waals surface area (Å²) < 4.78 is 11.7. The monoisotopic (exact) mass is 481 g/mol. The third-order valence-electron chi connectivity index (χ3n) is 8.45. The molecule has 3 amide bonds. The van der Waals surface area contributed by atoms with Crippen LogP contribution in [0, 0.1) is 17.8 Å². The normalized spacial score (nSPS) is 35.5. The molecule has 35 heavy (non-hydrogen) atoms. The number of likely N-dealkylation sites (tertiary alicyclic amines) is 1. The van der Waals surface area contributed by atoms with Crippen LogP contribution >= 0.6 is 0 Å². The Hall–Kier alpha value is -2.87. The van der Waals surface area contributed by atoms with Crippen molar-refractivity contribution in [3.8, 4) is 5.75 Å².